The zero-order valence-electron chi connectivity index (χ0n) is 7.13. The maximum atomic E-state index is 3.44. The minimum absolute atomic E-state index is 0.634. The molecule has 1 atom stereocenters. The molecule has 0 unspecified atom stereocenters. The molecule has 1 heterocycles. The van der Waals surface area contributed by atoms with Crippen molar-refractivity contribution in [3.63, 3.8) is 0 Å². The van der Waals surface area contributed by atoms with Crippen molar-refractivity contribution in [3.05, 3.63) is 22.4 Å². The van der Waals surface area contributed by atoms with Gasteiger partial charge in [-0.25, -0.2) is 0 Å². The molecule has 62 valence electrons. The summed E-state index contributed by atoms with van der Waals surface area (Å²) in [5.41, 5.74) is 1.40. The summed E-state index contributed by atoms with van der Waals surface area (Å²) < 4.78 is 0. The summed E-state index contributed by atoms with van der Waals surface area (Å²) in [6.07, 6.45) is 1.20. The van der Waals surface area contributed by atoms with E-state index in [1.165, 1.54) is 12.0 Å². The molecule has 0 saturated heterocycles. The summed E-state index contributed by atoms with van der Waals surface area (Å²) >= 11 is 1.76. The van der Waals surface area contributed by atoms with Crippen LogP contribution >= 0.6 is 11.3 Å². The zero-order valence-corrected chi connectivity index (χ0v) is 7.95. The van der Waals surface area contributed by atoms with Gasteiger partial charge in [0.2, 0.25) is 0 Å². The lowest BCUT2D eigenvalue weighted by Gasteiger charge is -2.09. The van der Waals surface area contributed by atoms with Gasteiger partial charge in [0.25, 0.3) is 0 Å². The van der Waals surface area contributed by atoms with Gasteiger partial charge in [-0.05, 0) is 35.7 Å². The molecule has 11 heavy (non-hydrogen) atoms. The van der Waals surface area contributed by atoms with Crippen LogP contribution in [0.5, 0.6) is 0 Å². The minimum atomic E-state index is 0.634. The van der Waals surface area contributed by atoms with E-state index < -0.39 is 0 Å². The minimum Gasteiger partial charge on any atom is -0.310 e. The number of nitrogens with one attached hydrogen (secondary N) is 1. The second-order valence-corrected chi connectivity index (χ2v) is 3.60. The first kappa shape index (κ1) is 8.75. The molecule has 1 aromatic heterocycles. The molecular formula is C9H15NS. The maximum absolute atomic E-state index is 3.44. The van der Waals surface area contributed by atoms with Crippen LogP contribution in [0.3, 0.4) is 0 Å². The van der Waals surface area contributed by atoms with Gasteiger partial charge in [-0.15, -0.1) is 0 Å². The van der Waals surface area contributed by atoms with Gasteiger partial charge in [-0.1, -0.05) is 6.92 Å². The van der Waals surface area contributed by atoms with Crippen molar-refractivity contribution < 1.29 is 0 Å². The van der Waals surface area contributed by atoms with Gasteiger partial charge in [-0.3, -0.25) is 0 Å². The van der Waals surface area contributed by atoms with Gasteiger partial charge in [0, 0.05) is 12.6 Å². The van der Waals surface area contributed by atoms with Crippen LogP contribution in [0.15, 0.2) is 16.8 Å². The first-order chi connectivity index (χ1) is 5.33. The standard InChI is InChI=1S/C9H15NS/c1-3-8(2)10-6-9-4-5-11-7-9/h4-5,7-8,10H,3,6H2,1-2H3/t8-/m0/s1. The molecule has 0 amide bonds. The summed E-state index contributed by atoms with van der Waals surface area (Å²) in [5, 5.41) is 7.75. The number of hydrogen-bond acceptors (Lipinski definition) is 2. The van der Waals surface area contributed by atoms with E-state index in [1.54, 1.807) is 11.3 Å². The van der Waals surface area contributed by atoms with Crippen molar-refractivity contribution in [2.45, 2.75) is 32.9 Å². The fourth-order valence-electron chi connectivity index (χ4n) is 0.830. The van der Waals surface area contributed by atoms with Crippen molar-refractivity contribution >= 4 is 11.3 Å². The number of hydrogen-bond donors (Lipinski definition) is 1. The lowest BCUT2D eigenvalue weighted by atomic mass is 10.2. The van der Waals surface area contributed by atoms with E-state index in [4.69, 9.17) is 0 Å². The summed E-state index contributed by atoms with van der Waals surface area (Å²) in [6.45, 7) is 5.43. The Kier molecular flexibility index (Phi) is 3.60. The van der Waals surface area contributed by atoms with Crippen LogP contribution in [0, 0.1) is 0 Å². The van der Waals surface area contributed by atoms with Gasteiger partial charge in [0.1, 0.15) is 0 Å². The van der Waals surface area contributed by atoms with Crippen molar-refractivity contribution in [3.8, 4) is 0 Å². The fraction of sp³-hybridized carbons (Fsp3) is 0.556. The summed E-state index contributed by atoms with van der Waals surface area (Å²) in [7, 11) is 0. The normalized spacial score (nSPS) is 13.3. The van der Waals surface area contributed by atoms with Gasteiger partial charge in [0.05, 0.1) is 0 Å². The molecule has 0 aliphatic heterocycles. The van der Waals surface area contributed by atoms with E-state index in [0.29, 0.717) is 6.04 Å². The predicted molar refractivity (Wildman–Crippen MR) is 50.9 cm³/mol. The summed E-state index contributed by atoms with van der Waals surface area (Å²) in [5.74, 6) is 0. The van der Waals surface area contributed by atoms with Gasteiger partial charge in [-0.2, -0.15) is 11.3 Å². The van der Waals surface area contributed by atoms with Crippen LogP contribution in [0.1, 0.15) is 25.8 Å². The molecule has 0 saturated carbocycles. The first-order valence-corrected chi connectivity index (χ1v) is 5.01. The Labute approximate surface area is 72.4 Å². The third kappa shape index (κ3) is 3.04. The SMILES string of the molecule is CC[C@H](C)NCc1ccsc1. The average Bonchev–Trinajstić information content (AvgIpc) is 2.52. The highest BCUT2D eigenvalue weighted by molar-refractivity contribution is 7.07. The lowest BCUT2D eigenvalue weighted by molar-refractivity contribution is 0.535. The van der Waals surface area contributed by atoms with E-state index in [9.17, 15) is 0 Å². The van der Waals surface area contributed by atoms with Crippen LogP contribution in [0.4, 0.5) is 0 Å². The molecule has 1 aromatic rings. The highest BCUT2D eigenvalue weighted by atomic mass is 32.1. The zero-order chi connectivity index (χ0) is 8.10. The third-order valence-electron chi connectivity index (χ3n) is 1.85. The second kappa shape index (κ2) is 4.52. The van der Waals surface area contributed by atoms with Crippen molar-refractivity contribution in [1.82, 2.24) is 5.32 Å². The van der Waals surface area contributed by atoms with E-state index in [1.807, 2.05) is 0 Å². The lowest BCUT2D eigenvalue weighted by Crippen LogP contribution is -2.24. The highest BCUT2D eigenvalue weighted by Gasteiger charge is 1.97. The van der Waals surface area contributed by atoms with Crippen LogP contribution in [-0.4, -0.2) is 6.04 Å². The molecule has 0 fully saturated rings. The van der Waals surface area contributed by atoms with Crippen LogP contribution in [0.25, 0.3) is 0 Å². The Balaban J connectivity index is 2.23. The largest absolute Gasteiger partial charge is 0.310 e. The molecular weight excluding hydrogens is 154 g/mol. The third-order valence-corrected chi connectivity index (χ3v) is 2.58. The van der Waals surface area contributed by atoms with Gasteiger partial charge < -0.3 is 5.32 Å². The topological polar surface area (TPSA) is 12.0 Å². The Morgan fingerprint density at radius 3 is 3.00 bits per heavy atom. The maximum Gasteiger partial charge on any atom is 0.0216 e. The van der Waals surface area contributed by atoms with Crippen molar-refractivity contribution in [2.24, 2.45) is 0 Å². The molecule has 0 radical (unpaired) electrons. The molecule has 0 aromatic carbocycles. The quantitative estimate of drug-likeness (QED) is 0.730. The Bertz CT molecular complexity index is 181. The molecule has 1 nitrogen and oxygen atoms in total. The first-order valence-electron chi connectivity index (χ1n) is 4.07. The van der Waals surface area contributed by atoms with E-state index in [2.05, 4.69) is 36.0 Å². The van der Waals surface area contributed by atoms with E-state index in [-0.39, 0.29) is 0 Å². The molecule has 0 spiro atoms. The molecule has 1 rings (SSSR count). The average molecular weight is 169 g/mol. The van der Waals surface area contributed by atoms with Gasteiger partial charge in [0.15, 0.2) is 0 Å². The molecule has 0 aliphatic rings. The van der Waals surface area contributed by atoms with Crippen LogP contribution < -0.4 is 5.32 Å². The molecule has 0 aliphatic carbocycles. The second-order valence-electron chi connectivity index (χ2n) is 2.82. The van der Waals surface area contributed by atoms with Crippen LogP contribution in [-0.2, 0) is 6.54 Å². The Morgan fingerprint density at radius 1 is 1.64 bits per heavy atom. The molecule has 0 bridgehead atoms. The highest BCUT2D eigenvalue weighted by Crippen LogP contribution is 2.05. The number of thiophene rings is 1. The van der Waals surface area contributed by atoms with E-state index >= 15 is 0 Å². The van der Waals surface area contributed by atoms with Crippen LogP contribution in [0.2, 0.25) is 0 Å². The fourth-order valence-corrected chi connectivity index (χ4v) is 1.50. The smallest absolute Gasteiger partial charge is 0.0216 e. The number of rotatable bonds is 4. The van der Waals surface area contributed by atoms with E-state index in [0.717, 1.165) is 6.54 Å². The van der Waals surface area contributed by atoms with Gasteiger partial charge >= 0.3 is 0 Å². The molecule has 2 heteroatoms. The summed E-state index contributed by atoms with van der Waals surface area (Å²) in [4.78, 5) is 0. The summed E-state index contributed by atoms with van der Waals surface area (Å²) in [6, 6.07) is 2.80. The Hall–Kier alpha value is -0.340. The van der Waals surface area contributed by atoms with Crippen molar-refractivity contribution in [1.29, 1.82) is 0 Å². The molecule has 1 N–H and O–H groups in total. The Morgan fingerprint density at radius 2 is 2.45 bits per heavy atom. The van der Waals surface area contributed by atoms with Crippen molar-refractivity contribution in [2.75, 3.05) is 0 Å². The predicted octanol–water partition coefficient (Wildman–Crippen LogP) is 2.64. The monoisotopic (exact) mass is 169 g/mol.